The fourth-order valence-corrected chi connectivity index (χ4v) is 1.82. The molecule has 0 aromatic heterocycles. The molecule has 1 aromatic carbocycles. The van der Waals surface area contributed by atoms with Crippen molar-refractivity contribution in [2.45, 2.75) is 31.3 Å². The summed E-state index contributed by atoms with van der Waals surface area (Å²) in [5, 5.41) is 2.78. The minimum absolute atomic E-state index is 0.104. The van der Waals surface area contributed by atoms with E-state index in [4.69, 9.17) is 17.2 Å². The minimum Gasteiger partial charge on any atom is -0.353 e. The Morgan fingerprint density at radius 1 is 1.21 bits per heavy atom. The molecule has 1 amide bonds. The maximum Gasteiger partial charge on any atom is 0.236 e. The molecule has 2 atom stereocenters. The SMILES string of the molecule is NCCC[C@H](N)C(=O)NC[C@H](N)Cc1ccccc1. The lowest BCUT2D eigenvalue weighted by Crippen LogP contribution is -2.46. The van der Waals surface area contributed by atoms with Crippen LogP contribution in [-0.4, -0.2) is 31.1 Å². The summed E-state index contributed by atoms with van der Waals surface area (Å²) < 4.78 is 0. The van der Waals surface area contributed by atoms with Crippen LogP contribution in [0.25, 0.3) is 0 Å². The Bertz CT molecular complexity index is 369. The van der Waals surface area contributed by atoms with Crippen molar-refractivity contribution >= 4 is 5.91 Å². The molecule has 0 aliphatic carbocycles. The Hall–Kier alpha value is -1.43. The zero-order valence-electron chi connectivity index (χ0n) is 11.2. The van der Waals surface area contributed by atoms with Crippen molar-refractivity contribution in [2.24, 2.45) is 17.2 Å². The van der Waals surface area contributed by atoms with Crippen LogP contribution in [0.4, 0.5) is 0 Å². The van der Waals surface area contributed by atoms with E-state index in [1.165, 1.54) is 0 Å². The Morgan fingerprint density at radius 3 is 2.53 bits per heavy atom. The van der Waals surface area contributed by atoms with Crippen LogP contribution in [0.15, 0.2) is 30.3 Å². The van der Waals surface area contributed by atoms with Gasteiger partial charge in [-0.05, 0) is 31.4 Å². The molecule has 0 unspecified atom stereocenters. The van der Waals surface area contributed by atoms with E-state index in [0.29, 0.717) is 19.5 Å². The molecule has 0 heterocycles. The van der Waals surface area contributed by atoms with Gasteiger partial charge in [0, 0.05) is 12.6 Å². The van der Waals surface area contributed by atoms with Gasteiger partial charge < -0.3 is 22.5 Å². The number of hydrogen-bond acceptors (Lipinski definition) is 4. The number of rotatable bonds is 8. The molecule has 1 rings (SSSR count). The molecule has 0 aliphatic rings. The second-order valence-corrected chi connectivity index (χ2v) is 4.73. The van der Waals surface area contributed by atoms with E-state index in [-0.39, 0.29) is 11.9 Å². The highest BCUT2D eigenvalue weighted by Gasteiger charge is 2.13. The van der Waals surface area contributed by atoms with Crippen molar-refractivity contribution in [1.29, 1.82) is 0 Å². The average molecular weight is 264 g/mol. The van der Waals surface area contributed by atoms with Gasteiger partial charge in [0.25, 0.3) is 0 Å². The molecule has 0 radical (unpaired) electrons. The number of carbonyl (C=O) groups is 1. The van der Waals surface area contributed by atoms with Gasteiger partial charge >= 0.3 is 0 Å². The summed E-state index contributed by atoms with van der Waals surface area (Å²) in [4.78, 5) is 11.7. The molecule has 5 heteroatoms. The van der Waals surface area contributed by atoms with E-state index in [0.717, 1.165) is 18.4 Å². The summed E-state index contributed by atoms with van der Waals surface area (Å²) in [6, 6.07) is 9.36. The van der Waals surface area contributed by atoms with Crippen LogP contribution in [0.2, 0.25) is 0 Å². The first-order valence-corrected chi connectivity index (χ1v) is 6.66. The third kappa shape index (κ3) is 6.33. The topological polar surface area (TPSA) is 107 Å². The lowest BCUT2D eigenvalue weighted by molar-refractivity contribution is -0.122. The molecule has 0 saturated heterocycles. The van der Waals surface area contributed by atoms with Gasteiger partial charge in [0.15, 0.2) is 0 Å². The zero-order chi connectivity index (χ0) is 14.1. The summed E-state index contributed by atoms with van der Waals surface area (Å²) >= 11 is 0. The van der Waals surface area contributed by atoms with E-state index in [9.17, 15) is 4.79 Å². The highest BCUT2D eigenvalue weighted by molar-refractivity contribution is 5.81. The van der Waals surface area contributed by atoms with E-state index in [1.54, 1.807) is 0 Å². The van der Waals surface area contributed by atoms with Gasteiger partial charge in [-0.25, -0.2) is 0 Å². The quantitative estimate of drug-likeness (QED) is 0.519. The van der Waals surface area contributed by atoms with E-state index in [1.807, 2.05) is 30.3 Å². The van der Waals surface area contributed by atoms with Crippen LogP contribution in [0.1, 0.15) is 18.4 Å². The van der Waals surface area contributed by atoms with E-state index in [2.05, 4.69) is 5.32 Å². The molecule has 0 fully saturated rings. The zero-order valence-corrected chi connectivity index (χ0v) is 11.2. The number of benzene rings is 1. The van der Waals surface area contributed by atoms with Crippen molar-refractivity contribution in [2.75, 3.05) is 13.1 Å². The first-order chi connectivity index (χ1) is 9.13. The van der Waals surface area contributed by atoms with Crippen molar-refractivity contribution in [3.63, 3.8) is 0 Å². The van der Waals surface area contributed by atoms with Gasteiger partial charge in [0.05, 0.1) is 6.04 Å². The molecule has 106 valence electrons. The lowest BCUT2D eigenvalue weighted by atomic mass is 10.1. The normalized spacial score (nSPS) is 13.8. The summed E-state index contributed by atoms with van der Waals surface area (Å²) in [6.45, 7) is 0.985. The fraction of sp³-hybridized carbons (Fsp3) is 0.500. The third-order valence-electron chi connectivity index (χ3n) is 2.94. The Balaban J connectivity index is 2.26. The maximum absolute atomic E-state index is 11.7. The van der Waals surface area contributed by atoms with Crippen LogP contribution in [0, 0.1) is 0 Å². The molecule has 1 aromatic rings. The van der Waals surface area contributed by atoms with Crippen molar-refractivity contribution in [3.05, 3.63) is 35.9 Å². The van der Waals surface area contributed by atoms with Crippen LogP contribution >= 0.6 is 0 Å². The highest BCUT2D eigenvalue weighted by Crippen LogP contribution is 2.01. The second kappa shape index (κ2) is 8.63. The van der Waals surface area contributed by atoms with E-state index < -0.39 is 6.04 Å². The summed E-state index contributed by atoms with van der Waals surface area (Å²) in [5.74, 6) is -0.156. The molecule has 0 bridgehead atoms. The molecule has 0 saturated carbocycles. The Morgan fingerprint density at radius 2 is 1.89 bits per heavy atom. The maximum atomic E-state index is 11.7. The van der Waals surface area contributed by atoms with Crippen LogP contribution < -0.4 is 22.5 Å². The van der Waals surface area contributed by atoms with Crippen molar-refractivity contribution in [1.82, 2.24) is 5.32 Å². The highest BCUT2D eigenvalue weighted by atomic mass is 16.2. The summed E-state index contributed by atoms with van der Waals surface area (Å²) in [5.41, 5.74) is 18.3. The molecular formula is C14H24N4O. The lowest BCUT2D eigenvalue weighted by Gasteiger charge is -2.15. The number of hydrogen-bond donors (Lipinski definition) is 4. The van der Waals surface area contributed by atoms with Gasteiger partial charge in [0.2, 0.25) is 5.91 Å². The first-order valence-electron chi connectivity index (χ1n) is 6.66. The summed E-state index contributed by atoms with van der Waals surface area (Å²) in [6.07, 6.45) is 2.10. The molecule has 19 heavy (non-hydrogen) atoms. The van der Waals surface area contributed by atoms with Crippen LogP contribution in [0.3, 0.4) is 0 Å². The van der Waals surface area contributed by atoms with E-state index >= 15 is 0 Å². The van der Waals surface area contributed by atoms with Gasteiger partial charge in [-0.2, -0.15) is 0 Å². The predicted octanol–water partition coefficient (Wildman–Crippen LogP) is -0.261. The van der Waals surface area contributed by atoms with Gasteiger partial charge in [-0.15, -0.1) is 0 Å². The second-order valence-electron chi connectivity index (χ2n) is 4.73. The molecular weight excluding hydrogens is 240 g/mol. The molecule has 0 aliphatic heterocycles. The van der Waals surface area contributed by atoms with Gasteiger partial charge in [-0.3, -0.25) is 4.79 Å². The Kier molecular flexibility index (Phi) is 7.10. The average Bonchev–Trinajstić information content (AvgIpc) is 2.43. The first kappa shape index (κ1) is 15.6. The van der Waals surface area contributed by atoms with Crippen LogP contribution in [-0.2, 0) is 11.2 Å². The predicted molar refractivity (Wildman–Crippen MR) is 77.4 cm³/mol. The number of nitrogens with two attached hydrogens (primary N) is 3. The largest absolute Gasteiger partial charge is 0.353 e. The number of carbonyl (C=O) groups excluding carboxylic acids is 1. The molecule has 5 nitrogen and oxygen atoms in total. The number of amides is 1. The Labute approximate surface area is 114 Å². The monoisotopic (exact) mass is 264 g/mol. The minimum atomic E-state index is -0.493. The fourth-order valence-electron chi connectivity index (χ4n) is 1.82. The summed E-state index contributed by atoms with van der Waals surface area (Å²) in [7, 11) is 0. The third-order valence-corrected chi connectivity index (χ3v) is 2.94. The number of nitrogens with one attached hydrogen (secondary N) is 1. The van der Waals surface area contributed by atoms with Gasteiger partial charge in [0.1, 0.15) is 0 Å². The molecule has 7 N–H and O–H groups in total. The smallest absolute Gasteiger partial charge is 0.236 e. The van der Waals surface area contributed by atoms with Crippen LogP contribution in [0.5, 0.6) is 0 Å². The standard InChI is InChI=1S/C14H24N4O/c15-8-4-7-13(17)14(19)18-10-12(16)9-11-5-2-1-3-6-11/h1-3,5-6,12-13H,4,7-10,15-17H2,(H,18,19)/t12-,13+/m1/s1. The van der Waals surface area contributed by atoms with Gasteiger partial charge in [-0.1, -0.05) is 30.3 Å². The molecule has 0 spiro atoms. The van der Waals surface area contributed by atoms with Crippen molar-refractivity contribution in [3.8, 4) is 0 Å². The van der Waals surface area contributed by atoms with Crippen molar-refractivity contribution < 1.29 is 4.79 Å².